The SMILES string of the molecule is C=C1C(CC2O[C@H](C[C@@H](CC)O[Si](C)(C)C(C)(C)C)[C@H](OC)[C@H]2CBr)O[C@@H](CCCOC(c2ccccc2)(c2ccccc2)c2ccc(OC)cc2)C[C@H]1C.C=C1C(CC2O[C@H](C[C@@H](CC)O[Si](C)(C)C(C)(C)C)[C@H](OC)[C@H]2CO)O[C@@H](CCCOC(c2ccccc2)(c2ccccc2)c2ccc(OC)cc2)C[C@H]1C. The molecule has 110 heavy (non-hydrogen) atoms. The summed E-state index contributed by atoms with van der Waals surface area (Å²) in [4.78, 5) is 0. The number of rotatable bonds is 36. The van der Waals surface area contributed by atoms with E-state index in [1.165, 1.54) is 5.57 Å². The molecule has 0 aromatic heterocycles. The van der Waals surface area contributed by atoms with Crippen LogP contribution in [0.1, 0.15) is 180 Å². The minimum Gasteiger partial charge on any atom is -0.497 e. The van der Waals surface area contributed by atoms with Crippen molar-refractivity contribution < 1.29 is 61.3 Å². The molecule has 6 aromatic carbocycles. The standard InChI is InChI=1S/C47H67BrO6Si.C47H68O7Si/c2*1-11-38(54-55(9,10)46(4,5)6)30-44-45(50-8)41(32-48)43(53-44)31-42-34(3)33(2)29-40(52-42)23-18-28-51-47(35-19-14-12-15-20-35,36-21-16-13-17-22-36)37-24-26-39(49-7)27-25-37/h12-17,19-22,24-27,33,38,40-45H,3,11,18,23,28-32H2,1-2,4-10H3;12-17,19-22,24-27,33,38,40-45,48H,3,11,18,23,28-32H2,1-2,4-10H3/t2*33-,38-,40+,41+,42?,43?,44-,45-/m11/s1. The lowest BCUT2D eigenvalue weighted by Gasteiger charge is -2.40. The molecule has 4 aliphatic heterocycles. The van der Waals surface area contributed by atoms with Crippen molar-refractivity contribution in [2.75, 3.05) is 53.6 Å². The summed E-state index contributed by atoms with van der Waals surface area (Å²) in [5.41, 5.74) is 7.13. The number of hydrogen-bond acceptors (Lipinski definition) is 13. The highest BCUT2D eigenvalue weighted by Crippen LogP contribution is 2.48. The van der Waals surface area contributed by atoms with Crippen LogP contribution in [0.3, 0.4) is 0 Å². The van der Waals surface area contributed by atoms with Gasteiger partial charge in [0.15, 0.2) is 16.6 Å². The normalized spacial score (nSPS) is 25.6. The molecule has 13 nitrogen and oxygen atoms in total. The molecule has 4 aliphatic rings. The van der Waals surface area contributed by atoms with Gasteiger partial charge in [-0.25, -0.2) is 0 Å². The Bertz CT molecular complexity index is 3380. The molecule has 0 aliphatic carbocycles. The summed E-state index contributed by atoms with van der Waals surface area (Å²) in [6, 6.07) is 58.5. The Morgan fingerprint density at radius 3 is 1.07 bits per heavy atom. The monoisotopic (exact) mass is 1610 g/mol. The third-order valence-corrected chi connectivity index (χ3v) is 35.0. The van der Waals surface area contributed by atoms with Gasteiger partial charge >= 0.3 is 0 Å². The molecule has 0 saturated carbocycles. The van der Waals surface area contributed by atoms with Gasteiger partial charge in [0.1, 0.15) is 22.7 Å². The van der Waals surface area contributed by atoms with Gasteiger partial charge in [-0.3, -0.25) is 0 Å². The molecule has 4 saturated heterocycles. The molecule has 10 rings (SSSR count). The van der Waals surface area contributed by atoms with Crippen LogP contribution in [0.2, 0.25) is 36.3 Å². The number of halogens is 1. The fourth-order valence-electron chi connectivity index (χ4n) is 16.6. The third kappa shape index (κ3) is 21.5. The number of benzene rings is 6. The average Bonchev–Trinajstić information content (AvgIpc) is 1.09. The fourth-order valence-corrected chi connectivity index (χ4v) is 20.3. The summed E-state index contributed by atoms with van der Waals surface area (Å²) in [6.45, 7) is 42.1. The van der Waals surface area contributed by atoms with Crippen molar-refractivity contribution in [2.45, 2.75) is 267 Å². The van der Waals surface area contributed by atoms with Crippen LogP contribution < -0.4 is 9.47 Å². The molecule has 0 radical (unpaired) electrons. The summed E-state index contributed by atoms with van der Waals surface area (Å²) in [5, 5.41) is 11.7. The number of hydrogen-bond donors (Lipinski definition) is 1. The van der Waals surface area contributed by atoms with E-state index in [9.17, 15) is 5.11 Å². The second kappa shape index (κ2) is 40.4. The number of alkyl halides is 1. The molecule has 4 fully saturated rings. The van der Waals surface area contributed by atoms with Crippen LogP contribution in [0.5, 0.6) is 11.5 Å². The maximum atomic E-state index is 10.7. The number of methoxy groups -OCH3 is 4. The molecule has 4 unspecified atom stereocenters. The molecule has 4 heterocycles. The lowest BCUT2D eigenvalue weighted by atomic mass is 9.80. The third-order valence-electron chi connectivity index (χ3n) is 25.2. The van der Waals surface area contributed by atoms with Gasteiger partial charge in [0.25, 0.3) is 0 Å². The molecule has 604 valence electrons. The van der Waals surface area contributed by atoms with E-state index in [-0.39, 0.29) is 102 Å². The zero-order valence-corrected chi connectivity index (χ0v) is 73.4. The first-order valence-electron chi connectivity index (χ1n) is 40.9. The lowest BCUT2D eigenvalue weighted by Crippen LogP contribution is -2.45. The summed E-state index contributed by atoms with van der Waals surface area (Å²) in [6.07, 6.45) is 9.66. The van der Waals surface area contributed by atoms with Gasteiger partial charge in [-0.1, -0.05) is 244 Å². The summed E-state index contributed by atoms with van der Waals surface area (Å²) in [5.74, 6) is 2.35. The van der Waals surface area contributed by atoms with Crippen molar-refractivity contribution in [3.8, 4) is 11.5 Å². The Hall–Kier alpha value is -5.13. The van der Waals surface area contributed by atoms with Gasteiger partial charge in [0.05, 0.1) is 81.9 Å². The van der Waals surface area contributed by atoms with Crippen molar-refractivity contribution in [1.29, 1.82) is 0 Å². The van der Waals surface area contributed by atoms with E-state index in [1.807, 2.05) is 43.5 Å². The van der Waals surface area contributed by atoms with E-state index in [1.54, 1.807) is 21.3 Å². The second-order valence-electron chi connectivity index (χ2n) is 34.4. The number of ether oxygens (including phenoxy) is 10. The number of aliphatic hydroxyl groups excluding tert-OH is 1. The van der Waals surface area contributed by atoms with E-state index in [2.05, 4.69) is 258 Å². The summed E-state index contributed by atoms with van der Waals surface area (Å²) < 4.78 is 78.7. The maximum absolute atomic E-state index is 10.7. The molecule has 0 bridgehead atoms. The highest BCUT2D eigenvalue weighted by atomic mass is 79.9. The van der Waals surface area contributed by atoms with Crippen molar-refractivity contribution in [1.82, 2.24) is 0 Å². The minimum atomic E-state index is -1.97. The van der Waals surface area contributed by atoms with E-state index in [0.29, 0.717) is 31.5 Å². The molecule has 1 N–H and O–H groups in total. The van der Waals surface area contributed by atoms with Crippen molar-refractivity contribution in [3.63, 3.8) is 0 Å². The first kappa shape index (κ1) is 88.8. The zero-order chi connectivity index (χ0) is 79.6. The van der Waals surface area contributed by atoms with Crippen molar-refractivity contribution >= 4 is 32.6 Å². The highest BCUT2D eigenvalue weighted by molar-refractivity contribution is 9.09. The molecule has 16 heteroatoms. The maximum Gasteiger partial charge on any atom is 0.192 e. The van der Waals surface area contributed by atoms with Crippen LogP contribution in [0.15, 0.2) is 194 Å². The Morgan fingerprint density at radius 1 is 0.464 bits per heavy atom. The van der Waals surface area contributed by atoms with Crippen LogP contribution in [-0.2, 0) is 57.9 Å². The van der Waals surface area contributed by atoms with Gasteiger partial charge in [-0.2, -0.15) is 0 Å². The van der Waals surface area contributed by atoms with Gasteiger partial charge in [-0.05, 0) is 168 Å². The minimum absolute atomic E-state index is 0.00223. The summed E-state index contributed by atoms with van der Waals surface area (Å²) in [7, 11) is 3.05. The first-order chi connectivity index (χ1) is 52.5. The molecular formula is C94H135BrO13Si2. The van der Waals surface area contributed by atoms with E-state index >= 15 is 0 Å². The quantitative estimate of drug-likeness (QED) is 0.0132. The van der Waals surface area contributed by atoms with Gasteiger partial charge < -0.3 is 61.3 Å². The van der Waals surface area contributed by atoms with Gasteiger partial charge in [0.2, 0.25) is 0 Å². The number of aliphatic hydroxyl groups is 1. The molecule has 0 spiro atoms. The Labute approximate surface area is 673 Å². The lowest BCUT2D eigenvalue weighted by molar-refractivity contribution is -0.0785. The van der Waals surface area contributed by atoms with Crippen molar-refractivity contribution in [3.05, 3.63) is 228 Å². The van der Waals surface area contributed by atoms with E-state index in [4.69, 9.17) is 56.2 Å². The Kier molecular flexibility index (Phi) is 32.7. The van der Waals surface area contributed by atoms with E-state index in [0.717, 1.165) is 126 Å². The predicted octanol–water partition coefficient (Wildman–Crippen LogP) is 21.6. The second-order valence-corrected chi connectivity index (χ2v) is 44.6. The zero-order valence-electron chi connectivity index (χ0n) is 69.9. The van der Waals surface area contributed by atoms with E-state index < -0.39 is 27.8 Å². The van der Waals surface area contributed by atoms with Crippen LogP contribution in [0, 0.1) is 23.7 Å². The van der Waals surface area contributed by atoms with Crippen LogP contribution in [-0.4, -0.2) is 149 Å². The van der Waals surface area contributed by atoms with Crippen LogP contribution in [0.25, 0.3) is 0 Å². The smallest absolute Gasteiger partial charge is 0.192 e. The molecule has 16 atom stereocenters. The van der Waals surface area contributed by atoms with Gasteiger partial charge in [0, 0.05) is 82.5 Å². The molecule has 0 amide bonds. The Balaban J connectivity index is 0.000000253. The molecule has 6 aromatic rings. The largest absolute Gasteiger partial charge is 0.497 e. The fraction of sp³-hybridized carbons (Fsp3) is 0.574. The van der Waals surface area contributed by atoms with Crippen molar-refractivity contribution in [2.24, 2.45) is 23.7 Å². The predicted molar refractivity (Wildman–Crippen MR) is 455 cm³/mol. The topological polar surface area (TPSA) is 131 Å². The molecular weight excluding hydrogens is 1470 g/mol. The summed E-state index contributed by atoms with van der Waals surface area (Å²) >= 11 is 3.84. The van der Waals surface area contributed by atoms with Crippen LogP contribution in [0.4, 0.5) is 0 Å². The average molecular weight is 1610 g/mol. The van der Waals surface area contributed by atoms with Gasteiger partial charge in [-0.15, -0.1) is 0 Å². The Morgan fingerprint density at radius 2 is 0.782 bits per heavy atom. The first-order valence-corrected chi connectivity index (χ1v) is 47.8. The van der Waals surface area contributed by atoms with Crippen LogP contribution >= 0.6 is 15.9 Å². The highest BCUT2D eigenvalue weighted by Gasteiger charge is 2.51.